The van der Waals surface area contributed by atoms with Gasteiger partial charge in [-0.1, -0.05) is 11.6 Å². The molecule has 2 aromatic rings. The predicted molar refractivity (Wildman–Crippen MR) is 44.9 cm³/mol. The Balaban J connectivity index is 2.83. The van der Waals surface area contributed by atoms with Crippen LogP contribution in [0, 0.1) is 6.92 Å². The Kier molecular flexibility index (Phi) is 1.41. The summed E-state index contributed by atoms with van der Waals surface area (Å²) < 4.78 is 1.45. The van der Waals surface area contributed by atoms with Gasteiger partial charge in [0.15, 0.2) is 0 Å². The Labute approximate surface area is 73.2 Å². The Hall–Kier alpha value is -1.36. The van der Waals surface area contributed by atoms with Crippen molar-refractivity contribution >= 4 is 23.3 Å². The summed E-state index contributed by atoms with van der Waals surface area (Å²) in [6.07, 6.45) is 1.63. The molecule has 0 aliphatic heterocycles. The maximum absolute atomic E-state index is 5.80. The number of fused-ring (bicyclic) bond motifs is 1. The predicted octanol–water partition coefficient (Wildman–Crippen LogP) is 0.668. The van der Waals surface area contributed by atoms with Gasteiger partial charge in [0.1, 0.15) is 0 Å². The number of aryl methyl sites for hydroxylation is 1. The molecule has 62 valence electrons. The van der Waals surface area contributed by atoms with Crippen LogP contribution in [0.5, 0.6) is 0 Å². The largest absolute Gasteiger partial charge is 0.366 e. The highest BCUT2D eigenvalue weighted by Crippen LogP contribution is 2.12. The van der Waals surface area contributed by atoms with Gasteiger partial charge < -0.3 is 5.73 Å². The molecule has 2 aromatic heterocycles. The number of anilines is 1. The molecule has 12 heavy (non-hydrogen) atoms. The molecule has 0 aliphatic rings. The number of halogens is 1. The molecule has 0 fully saturated rings. The van der Waals surface area contributed by atoms with Gasteiger partial charge in [-0.3, -0.25) is 0 Å². The molecular formula is C6H6ClN5. The van der Waals surface area contributed by atoms with Crippen LogP contribution in [0.25, 0.3) is 5.78 Å². The fraction of sp³-hybridized carbons (Fsp3) is 0.167. The quantitative estimate of drug-likeness (QED) is 0.652. The highest BCUT2D eigenvalue weighted by Gasteiger charge is 2.03. The number of nitrogen functional groups attached to an aromatic ring is 1. The second kappa shape index (κ2) is 2.31. The van der Waals surface area contributed by atoms with Crippen molar-refractivity contribution in [3.05, 3.63) is 16.9 Å². The van der Waals surface area contributed by atoms with E-state index >= 15 is 0 Å². The van der Waals surface area contributed by atoms with Gasteiger partial charge in [0.2, 0.25) is 5.95 Å². The summed E-state index contributed by atoms with van der Waals surface area (Å²) in [5, 5.41) is 4.40. The Morgan fingerprint density at radius 3 is 3.00 bits per heavy atom. The van der Waals surface area contributed by atoms with Crippen molar-refractivity contribution in [2.24, 2.45) is 0 Å². The van der Waals surface area contributed by atoms with Gasteiger partial charge in [-0.15, -0.1) is 5.10 Å². The molecule has 0 aromatic carbocycles. The van der Waals surface area contributed by atoms with Crippen LogP contribution >= 0.6 is 11.6 Å². The molecule has 0 atom stereocenters. The van der Waals surface area contributed by atoms with Crippen molar-refractivity contribution in [1.29, 1.82) is 0 Å². The molecule has 0 radical (unpaired) electrons. The van der Waals surface area contributed by atoms with Gasteiger partial charge in [-0.2, -0.15) is 4.98 Å². The Bertz CT molecular complexity index is 396. The van der Waals surface area contributed by atoms with E-state index in [1.807, 2.05) is 0 Å². The van der Waals surface area contributed by atoms with Crippen LogP contribution in [0.2, 0.25) is 5.02 Å². The van der Waals surface area contributed by atoms with Crippen LogP contribution in [0.3, 0.4) is 0 Å². The van der Waals surface area contributed by atoms with Crippen LogP contribution in [0.4, 0.5) is 5.95 Å². The fourth-order valence-corrected chi connectivity index (χ4v) is 1.03. The molecule has 0 amide bonds. The number of hydrogen-bond donors (Lipinski definition) is 1. The number of nitrogens with zero attached hydrogens (tertiary/aromatic N) is 4. The standard InChI is InChI=1S/C6H6ClN5/c1-3-4(7)2-12-6(9-3)10-5(8)11-12/h2H,1H3,(H2,8,11). The second-order valence-corrected chi connectivity index (χ2v) is 2.80. The summed E-state index contributed by atoms with van der Waals surface area (Å²) in [5.41, 5.74) is 6.08. The number of hydrogen-bond acceptors (Lipinski definition) is 4. The highest BCUT2D eigenvalue weighted by molar-refractivity contribution is 6.31. The van der Waals surface area contributed by atoms with Crippen molar-refractivity contribution in [2.45, 2.75) is 6.92 Å². The Morgan fingerprint density at radius 2 is 2.25 bits per heavy atom. The molecule has 2 heterocycles. The summed E-state index contributed by atoms with van der Waals surface area (Å²) in [5.74, 6) is 0.665. The van der Waals surface area contributed by atoms with E-state index in [2.05, 4.69) is 15.1 Å². The first-order valence-corrected chi connectivity index (χ1v) is 3.69. The maximum Gasteiger partial charge on any atom is 0.254 e. The molecule has 5 nitrogen and oxygen atoms in total. The van der Waals surface area contributed by atoms with E-state index < -0.39 is 0 Å². The minimum atomic E-state index is 0.198. The molecule has 0 bridgehead atoms. The molecule has 0 unspecified atom stereocenters. The lowest BCUT2D eigenvalue weighted by atomic mass is 10.5. The highest BCUT2D eigenvalue weighted by atomic mass is 35.5. The van der Waals surface area contributed by atoms with Crippen LogP contribution in [-0.2, 0) is 0 Å². The molecule has 0 aliphatic carbocycles. The fourth-order valence-electron chi connectivity index (χ4n) is 0.898. The summed E-state index contributed by atoms with van der Waals surface area (Å²) in [6, 6.07) is 0. The normalized spacial score (nSPS) is 10.8. The first-order valence-electron chi connectivity index (χ1n) is 3.32. The summed E-state index contributed by atoms with van der Waals surface area (Å²) >= 11 is 5.80. The monoisotopic (exact) mass is 183 g/mol. The zero-order valence-corrected chi connectivity index (χ0v) is 7.08. The van der Waals surface area contributed by atoms with Crippen LogP contribution < -0.4 is 5.73 Å². The van der Waals surface area contributed by atoms with Crippen molar-refractivity contribution in [3.8, 4) is 0 Å². The van der Waals surface area contributed by atoms with Crippen LogP contribution in [0.15, 0.2) is 6.20 Å². The number of aromatic nitrogens is 4. The summed E-state index contributed by atoms with van der Waals surface area (Å²) in [6.45, 7) is 1.80. The third-order valence-electron chi connectivity index (χ3n) is 1.48. The van der Waals surface area contributed by atoms with E-state index in [0.29, 0.717) is 10.8 Å². The van der Waals surface area contributed by atoms with Gasteiger partial charge in [-0.05, 0) is 6.92 Å². The van der Waals surface area contributed by atoms with E-state index in [9.17, 15) is 0 Å². The molecule has 2 rings (SSSR count). The van der Waals surface area contributed by atoms with E-state index in [4.69, 9.17) is 17.3 Å². The third-order valence-corrected chi connectivity index (χ3v) is 1.85. The van der Waals surface area contributed by atoms with Gasteiger partial charge in [0.05, 0.1) is 16.9 Å². The van der Waals surface area contributed by atoms with Crippen molar-refractivity contribution in [3.63, 3.8) is 0 Å². The van der Waals surface area contributed by atoms with Crippen molar-refractivity contribution in [2.75, 3.05) is 5.73 Å². The van der Waals surface area contributed by atoms with Gasteiger partial charge >= 0.3 is 0 Å². The zero-order chi connectivity index (χ0) is 8.72. The van der Waals surface area contributed by atoms with E-state index in [-0.39, 0.29) is 5.95 Å². The average Bonchev–Trinajstić information content (AvgIpc) is 2.30. The van der Waals surface area contributed by atoms with E-state index in [1.54, 1.807) is 13.1 Å². The smallest absolute Gasteiger partial charge is 0.254 e. The van der Waals surface area contributed by atoms with Crippen LogP contribution in [0.1, 0.15) is 5.69 Å². The van der Waals surface area contributed by atoms with E-state index in [0.717, 1.165) is 5.69 Å². The molecular weight excluding hydrogens is 178 g/mol. The first kappa shape index (κ1) is 7.30. The Morgan fingerprint density at radius 1 is 1.50 bits per heavy atom. The maximum atomic E-state index is 5.80. The van der Waals surface area contributed by atoms with Crippen molar-refractivity contribution < 1.29 is 0 Å². The minimum absolute atomic E-state index is 0.198. The molecule has 0 spiro atoms. The summed E-state index contributed by atoms with van der Waals surface area (Å²) in [4.78, 5) is 7.95. The topological polar surface area (TPSA) is 69.1 Å². The zero-order valence-electron chi connectivity index (χ0n) is 6.32. The lowest BCUT2D eigenvalue weighted by Crippen LogP contribution is -1.93. The molecule has 6 heteroatoms. The van der Waals surface area contributed by atoms with Gasteiger partial charge in [-0.25, -0.2) is 9.50 Å². The average molecular weight is 184 g/mol. The number of nitrogens with two attached hydrogens (primary N) is 1. The number of rotatable bonds is 0. The molecule has 2 N–H and O–H groups in total. The second-order valence-electron chi connectivity index (χ2n) is 2.39. The first-order chi connectivity index (χ1) is 5.66. The lowest BCUT2D eigenvalue weighted by molar-refractivity contribution is 0.933. The summed E-state index contributed by atoms with van der Waals surface area (Å²) in [7, 11) is 0. The SMILES string of the molecule is Cc1nc2nc(N)nn2cc1Cl. The molecule has 0 saturated carbocycles. The van der Waals surface area contributed by atoms with Crippen molar-refractivity contribution in [1.82, 2.24) is 19.6 Å². The van der Waals surface area contributed by atoms with Gasteiger partial charge in [0, 0.05) is 0 Å². The van der Waals surface area contributed by atoms with Crippen LogP contribution in [-0.4, -0.2) is 19.6 Å². The minimum Gasteiger partial charge on any atom is -0.366 e. The molecule has 0 saturated heterocycles. The lowest BCUT2D eigenvalue weighted by Gasteiger charge is -1.95. The third kappa shape index (κ3) is 0.984. The van der Waals surface area contributed by atoms with Gasteiger partial charge in [0.25, 0.3) is 5.78 Å². The van der Waals surface area contributed by atoms with E-state index in [1.165, 1.54) is 4.52 Å².